The number of phosphoric acid groups is 1. The molecule has 0 saturated heterocycles. The van der Waals surface area contributed by atoms with E-state index in [-0.39, 0.29) is 19.8 Å². The Kier molecular flexibility index (Phi) is 19.2. The number of hydrogen-bond donors (Lipinski definition) is 2. The average Bonchev–Trinajstić information content (AvgIpc) is 2.71. The van der Waals surface area contributed by atoms with Gasteiger partial charge in [-0.3, -0.25) is 9.05 Å². The number of phosphoric ester groups is 1. The Morgan fingerprint density at radius 3 is 1.64 bits per heavy atom. The van der Waals surface area contributed by atoms with Crippen LogP contribution in [0.2, 0.25) is 0 Å². The summed E-state index contributed by atoms with van der Waals surface area (Å²) in [5.74, 6) is 0. The van der Waals surface area contributed by atoms with Gasteiger partial charge in [0.15, 0.2) is 0 Å². The van der Waals surface area contributed by atoms with Crippen LogP contribution in [0.4, 0.5) is 0 Å². The molecular formula is C25H55NO6P+. The third-order valence-corrected chi connectivity index (χ3v) is 6.57. The molecule has 200 valence electrons. The molecule has 0 bridgehead atoms. The molecule has 0 aromatic rings. The molecule has 0 heterocycles. The van der Waals surface area contributed by atoms with Crippen molar-refractivity contribution in [2.24, 2.45) is 0 Å². The van der Waals surface area contributed by atoms with Crippen LogP contribution in [0, 0.1) is 0 Å². The smallest absolute Gasteiger partial charge is 0.385 e. The molecule has 0 amide bonds. The number of rotatable bonds is 24. The van der Waals surface area contributed by atoms with Gasteiger partial charge in [-0.05, 0) is 13.3 Å². The lowest BCUT2D eigenvalue weighted by Gasteiger charge is -2.26. The normalized spacial score (nSPS) is 16.0. The first kappa shape index (κ1) is 33.0. The van der Waals surface area contributed by atoms with Crippen LogP contribution >= 0.6 is 7.82 Å². The SMILES string of the molecule is CCCCCCCCCCCCCCCCOCC(C)(O)COP(=O)(O)OCC[N+](C)(C)C. The molecule has 0 saturated carbocycles. The van der Waals surface area contributed by atoms with Crippen LogP contribution in [-0.2, 0) is 18.3 Å². The summed E-state index contributed by atoms with van der Waals surface area (Å²) in [6.45, 7) is 4.80. The fraction of sp³-hybridized carbons (Fsp3) is 1.00. The lowest BCUT2D eigenvalue weighted by molar-refractivity contribution is -0.870. The molecule has 2 unspecified atom stereocenters. The van der Waals surface area contributed by atoms with Crippen LogP contribution in [0.5, 0.6) is 0 Å². The summed E-state index contributed by atoms with van der Waals surface area (Å²) >= 11 is 0. The second-order valence-electron chi connectivity index (χ2n) is 10.7. The first-order valence-corrected chi connectivity index (χ1v) is 14.7. The quantitative estimate of drug-likeness (QED) is 0.0958. The molecule has 2 N–H and O–H groups in total. The molecule has 0 spiro atoms. The lowest BCUT2D eigenvalue weighted by atomic mass is 10.0. The van der Waals surface area contributed by atoms with Crippen molar-refractivity contribution in [1.29, 1.82) is 0 Å². The molecule has 0 aliphatic carbocycles. The number of nitrogens with zero attached hydrogens (tertiary/aromatic N) is 1. The predicted octanol–water partition coefficient (Wildman–Crippen LogP) is 6.08. The molecule has 0 aromatic carbocycles. The van der Waals surface area contributed by atoms with Crippen LogP contribution < -0.4 is 0 Å². The molecule has 8 heteroatoms. The van der Waals surface area contributed by atoms with Gasteiger partial charge < -0.3 is 19.2 Å². The highest BCUT2D eigenvalue weighted by Crippen LogP contribution is 2.43. The minimum Gasteiger partial charge on any atom is -0.385 e. The van der Waals surface area contributed by atoms with Crippen LogP contribution in [0.15, 0.2) is 0 Å². The molecule has 0 aliphatic rings. The Balaban J connectivity index is 3.56. The Hall–Kier alpha value is -0.0100. The van der Waals surface area contributed by atoms with E-state index in [4.69, 9.17) is 13.8 Å². The van der Waals surface area contributed by atoms with Crippen molar-refractivity contribution in [1.82, 2.24) is 0 Å². The van der Waals surface area contributed by atoms with E-state index in [2.05, 4.69) is 6.92 Å². The first-order valence-electron chi connectivity index (χ1n) is 13.2. The predicted molar refractivity (Wildman–Crippen MR) is 136 cm³/mol. The van der Waals surface area contributed by atoms with Gasteiger partial charge >= 0.3 is 7.82 Å². The highest BCUT2D eigenvalue weighted by molar-refractivity contribution is 7.47. The summed E-state index contributed by atoms with van der Waals surface area (Å²) in [6.07, 6.45) is 18.3. The summed E-state index contributed by atoms with van der Waals surface area (Å²) in [5, 5.41) is 10.3. The van der Waals surface area contributed by atoms with Gasteiger partial charge in [-0.2, -0.15) is 0 Å². The van der Waals surface area contributed by atoms with Crippen LogP contribution in [-0.4, -0.2) is 74.2 Å². The van der Waals surface area contributed by atoms with E-state index in [1.165, 1.54) is 84.0 Å². The summed E-state index contributed by atoms with van der Waals surface area (Å²) in [4.78, 5) is 9.74. The van der Waals surface area contributed by atoms with Crippen molar-refractivity contribution in [3.8, 4) is 0 Å². The van der Waals surface area contributed by atoms with E-state index in [1.807, 2.05) is 21.1 Å². The summed E-state index contributed by atoms with van der Waals surface area (Å²) in [7, 11) is 1.72. The van der Waals surface area contributed by atoms with Crippen LogP contribution in [0.1, 0.15) is 104 Å². The van der Waals surface area contributed by atoms with Gasteiger partial charge in [-0.1, -0.05) is 90.4 Å². The van der Waals surface area contributed by atoms with Gasteiger partial charge in [0.2, 0.25) is 0 Å². The van der Waals surface area contributed by atoms with E-state index in [0.29, 0.717) is 17.6 Å². The molecule has 7 nitrogen and oxygen atoms in total. The highest BCUT2D eigenvalue weighted by Gasteiger charge is 2.29. The van der Waals surface area contributed by atoms with Gasteiger partial charge in [0, 0.05) is 6.61 Å². The molecule has 0 fully saturated rings. The van der Waals surface area contributed by atoms with E-state index in [1.54, 1.807) is 0 Å². The summed E-state index contributed by atoms with van der Waals surface area (Å²) in [5.41, 5.74) is -1.34. The van der Waals surface area contributed by atoms with Gasteiger partial charge in [0.25, 0.3) is 0 Å². The summed E-state index contributed by atoms with van der Waals surface area (Å²) in [6, 6.07) is 0. The van der Waals surface area contributed by atoms with Crippen molar-refractivity contribution in [2.45, 2.75) is 109 Å². The molecule has 0 aromatic heterocycles. The van der Waals surface area contributed by atoms with Gasteiger partial charge in [-0.25, -0.2) is 4.57 Å². The molecule has 0 rings (SSSR count). The third kappa shape index (κ3) is 24.9. The molecule has 0 radical (unpaired) electrons. The van der Waals surface area contributed by atoms with Gasteiger partial charge in [-0.15, -0.1) is 0 Å². The van der Waals surface area contributed by atoms with E-state index in [9.17, 15) is 14.6 Å². The van der Waals surface area contributed by atoms with Crippen LogP contribution in [0.25, 0.3) is 0 Å². The largest absolute Gasteiger partial charge is 0.472 e. The number of hydrogen-bond acceptors (Lipinski definition) is 5. The zero-order valence-electron chi connectivity index (χ0n) is 22.4. The topological polar surface area (TPSA) is 85.2 Å². The van der Waals surface area contributed by atoms with Crippen molar-refractivity contribution in [2.75, 3.05) is 54.1 Å². The van der Waals surface area contributed by atoms with E-state index < -0.39 is 13.4 Å². The van der Waals surface area contributed by atoms with E-state index >= 15 is 0 Å². The maximum absolute atomic E-state index is 11.9. The maximum Gasteiger partial charge on any atom is 0.472 e. The molecular weight excluding hydrogens is 441 g/mol. The second-order valence-corrected chi connectivity index (χ2v) is 12.2. The zero-order chi connectivity index (χ0) is 25.1. The lowest BCUT2D eigenvalue weighted by Crippen LogP contribution is -2.38. The van der Waals surface area contributed by atoms with Crippen molar-refractivity contribution < 1.29 is 32.8 Å². The maximum atomic E-state index is 11.9. The van der Waals surface area contributed by atoms with Crippen molar-refractivity contribution in [3.63, 3.8) is 0 Å². The number of quaternary nitrogens is 1. The molecule has 2 atom stereocenters. The van der Waals surface area contributed by atoms with Crippen molar-refractivity contribution >= 4 is 7.82 Å². The van der Waals surface area contributed by atoms with Crippen molar-refractivity contribution in [3.05, 3.63) is 0 Å². The number of ether oxygens (including phenoxy) is 1. The third-order valence-electron chi connectivity index (χ3n) is 5.61. The minimum absolute atomic E-state index is 0.0598. The second kappa shape index (κ2) is 19.2. The van der Waals surface area contributed by atoms with E-state index in [0.717, 1.165) is 12.8 Å². The Labute approximate surface area is 204 Å². The standard InChI is InChI=1S/C25H54NO6P/c1-6-7-8-9-10-11-12-13-14-15-16-17-18-19-21-30-23-25(2,27)24-32-33(28,29)31-22-20-26(3,4)5/h27H,6-24H2,1-5H3/p+1. The Bertz CT molecular complexity index is 496. The fourth-order valence-corrected chi connectivity index (χ4v) is 4.25. The summed E-state index contributed by atoms with van der Waals surface area (Å²) < 4.78 is 28.0. The fourth-order valence-electron chi connectivity index (χ4n) is 3.42. The zero-order valence-corrected chi connectivity index (χ0v) is 23.3. The minimum atomic E-state index is -4.18. The molecule has 33 heavy (non-hydrogen) atoms. The monoisotopic (exact) mass is 496 g/mol. The Morgan fingerprint density at radius 1 is 0.727 bits per heavy atom. The van der Waals surface area contributed by atoms with Gasteiger partial charge in [0.1, 0.15) is 18.8 Å². The number of aliphatic hydroxyl groups is 1. The van der Waals surface area contributed by atoms with Crippen LogP contribution in [0.3, 0.4) is 0 Å². The first-order chi connectivity index (χ1) is 15.5. The average molecular weight is 497 g/mol. The van der Waals surface area contributed by atoms with Gasteiger partial charge in [0.05, 0.1) is 34.4 Å². The Morgan fingerprint density at radius 2 is 1.18 bits per heavy atom. The number of likely N-dealkylation sites (N-methyl/N-ethyl adjacent to an activating group) is 1. The number of unbranched alkanes of at least 4 members (excludes halogenated alkanes) is 13. The highest BCUT2D eigenvalue weighted by atomic mass is 31.2. The molecule has 0 aliphatic heterocycles.